The van der Waals surface area contributed by atoms with Crippen LogP contribution in [0.1, 0.15) is 55.6 Å². The molecule has 0 aliphatic carbocycles. The van der Waals surface area contributed by atoms with Crippen LogP contribution in [0, 0.1) is 32.9 Å². The second-order valence-electron chi connectivity index (χ2n) is 12.8. The molecule has 45 heavy (non-hydrogen) atoms. The van der Waals surface area contributed by atoms with Gasteiger partial charge in [-0.15, -0.1) is 41.5 Å². The number of rotatable bonds is 3. The molecule has 7 rings (SSSR count). The van der Waals surface area contributed by atoms with E-state index in [9.17, 15) is 0 Å². The molecule has 0 saturated heterocycles. The minimum atomic E-state index is -0.0618. The third-order valence-corrected chi connectivity index (χ3v) is 9.55. The van der Waals surface area contributed by atoms with Crippen LogP contribution in [0.2, 0.25) is 0 Å². The van der Waals surface area contributed by atoms with Gasteiger partial charge in [-0.05, 0) is 83.6 Å². The van der Waals surface area contributed by atoms with E-state index in [2.05, 4.69) is 125 Å². The molecule has 0 N–H and O–H groups in total. The van der Waals surface area contributed by atoms with Crippen LogP contribution in [0.4, 0.5) is 0 Å². The van der Waals surface area contributed by atoms with Crippen molar-refractivity contribution in [2.45, 2.75) is 59.3 Å². The van der Waals surface area contributed by atoms with E-state index in [0.29, 0.717) is 0 Å². The van der Waals surface area contributed by atoms with Crippen LogP contribution >= 0.6 is 0 Å². The number of aryl methyl sites for hydroxylation is 3. The van der Waals surface area contributed by atoms with E-state index in [1.165, 1.54) is 39.1 Å². The summed E-state index contributed by atoms with van der Waals surface area (Å²) in [6.45, 7) is 15.9. The fourth-order valence-electron chi connectivity index (χ4n) is 6.32. The first-order chi connectivity index (χ1) is 21.1. The van der Waals surface area contributed by atoms with E-state index in [-0.39, 0.29) is 30.9 Å². The van der Waals surface area contributed by atoms with Gasteiger partial charge in [-0.2, -0.15) is 29.4 Å². The molecule has 4 aromatic carbocycles. The summed E-state index contributed by atoms with van der Waals surface area (Å²) in [5.74, 6) is 0. The predicted molar refractivity (Wildman–Crippen MR) is 182 cm³/mol. The fraction of sp³-hybridized carbons (Fsp3) is 0.220. The summed E-state index contributed by atoms with van der Waals surface area (Å²) >= 11 is 0. The van der Waals surface area contributed by atoms with Crippen molar-refractivity contribution in [3.63, 3.8) is 0 Å². The molecule has 6 aromatic rings. The Morgan fingerprint density at radius 2 is 1.38 bits per heavy atom. The van der Waals surface area contributed by atoms with E-state index in [0.717, 1.165) is 28.2 Å². The van der Waals surface area contributed by atoms with Gasteiger partial charge in [-0.3, -0.25) is 4.68 Å². The van der Waals surface area contributed by atoms with Crippen molar-refractivity contribution in [3.05, 3.63) is 149 Å². The minimum absolute atomic E-state index is 0. The number of hydrogen-bond acceptors (Lipinski definition) is 2. The second-order valence-corrected chi connectivity index (χ2v) is 12.8. The maximum absolute atomic E-state index is 5.09. The molecule has 3 heterocycles. The average Bonchev–Trinajstić information content (AvgIpc) is 3.49. The Balaban J connectivity index is 0.000000258. The van der Waals surface area contributed by atoms with Crippen LogP contribution in [-0.4, -0.2) is 14.8 Å². The molecule has 4 heteroatoms. The molecule has 1 radical (unpaired) electrons. The Bertz CT molecular complexity index is 1880. The summed E-state index contributed by atoms with van der Waals surface area (Å²) in [5, 5.41) is 5.09. The molecule has 2 aromatic heterocycles. The van der Waals surface area contributed by atoms with Crippen molar-refractivity contribution in [2.24, 2.45) is 0 Å². The van der Waals surface area contributed by atoms with Gasteiger partial charge in [0.05, 0.1) is 5.69 Å². The average molecular weight is 766 g/mol. The third-order valence-electron chi connectivity index (χ3n) is 9.55. The molecule has 0 unspecified atom stereocenters. The maximum atomic E-state index is 5.09. The van der Waals surface area contributed by atoms with Crippen LogP contribution in [0.5, 0.6) is 0 Å². The molecule has 0 spiro atoms. The van der Waals surface area contributed by atoms with Gasteiger partial charge in [0.1, 0.15) is 0 Å². The smallest absolute Gasteiger partial charge is 0.0929 e. The number of fused-ring (bicyclic) bond motifs is 3. The van der Waals surface area contributed by atoms with Crippen LogP contribution in [-0.2, 0) is 30.9 Å². The quantitative estimate of drug-likeness (QED) is 0.168. The van der Waals surface area contributed by atoms with Gasteiger partial charge in [-0.1, -0.05) is 70.2 Å². The summed E-state index contributed by atoms with van der Waals surface area (Å²) in [4.78, 5) is 4.22. The maximum Gasteiger partial charge on any atom is 0.0929 e. The number of hydrogen-bond donors (Lipinski definition) is 0. The summed E-state index contributed by atoms with van der Waals surface area (Å²) in [7, 11) is 0. The standard InChI is InChI=1S/C30H31N2.C11H8N.Ir/c1-19-11-10-12-20(2)28(19)23-16-15-22(17-21(23)3)25-18-27-30(6,7)29(4,5)24-13-8-9-14-26(24)32(27)31-25;1-2-6-10(7-3-1)11-8-4-5-9-12-11;/h8-13,15-18H,1-7H3;1-6,8-9H;/q2*-1;. The van der Waals surface area contributed by atoms with E-state index >= 15 is 0 Å². The molecule has 0 bridgehead atoms. The predicted octanol–water partition coefficient (Wildman–Crippen LogP) is 10.0. The van der Waals surface area contributed by atoms with Crippen LogP contribution in [0.25, 0.3) is 39.3 Å². The van der Waals surface area contributed by atoms with Gasteiger partial charge in [0.25, 0.3) is 0 Å². The topological polar surface area (TPSA) is 30.7 Å². The minimum Gasteiger partial charge on any atom is -0.305 e. The number of pyridine rings is 1. The third kappa shape index (κ3) is 5.86. The summed E-state index contributed by atoms with van der Waals surface area (Å²) in [6, 6.07) is 42.1. The van der Waals surface area contributed by atoms with Crippen molar-refractivity contribution >= 4 is 0 Å². The largest absolute Gasteiger partial charge is 0.305 e. The van der Waals surface area contributed by atoms with Gasteiger partial charge in [0.2, 0.25) is 0 Å². The second kappa shape index (κ2) is 12.7. The van der Waals surface area contributed by atoms with E-state index in [1.54, 1.807) is 6.20 Å². The van der Waals surface area contributed by atoms with E-state index < -0.39 is 0 Å². The van der Waals surface area contributed by atoms with Crippen LogP contribution in [0.15, 0.2) is 109 Å². The summed E-state index contributed by atoms with van der Waals surface area (Å²) in [5.41, 5.74) is 14.3. The molecule has 0 saturated carbocycles. The number of nitrogens with zero attached hydrogens (tertiary/aromatic N) is 3. The molecular weight excluding hydrogens is 727 g/mol. The zero-order valence-electron chi connectivity index (χ0n) is 27.1. The van der Waals surface area contributed by atoms with Gasteiger partial charge in [0.15, 0.2) is 0 Å². The summed E-state index contributed by atoms with van der Waals surface area (Å²) in [6.07, 6.45) is 1.79. The Morgan fingerprint density at radius 3 is 2.04 bits per heavy atom. The number of benzene rings is 4. The fourth-order valence-corrected chi connectivity index (χ4v) is 6.32. The van der Waals surface area contributed by atoms with Crippen molar-refractivity contribution in [1.29, 1.82) is 0 Å². The van der Waals surface area contributed by atoms with Gasteiger partial charge in [-0.25, -0.2) is 0 Å². The first-order valence-corrected chi connectivity index (χ1v) is 15.3. The van der Waals surface area contributed by atoms with Gasteiger partial charge in [0, 0.05) is 43.0 Å². The normalized spacial score (nSPS) is 13.8. The zero-order chi connectivity index (χ0) is 31.1. The number of para-hydroxylation sites is 1. The Kier molecular flexibility index (Phi) is 9.12. The van der Waals surface area contributed by atoms with Crippen molar-refractivity contribution in [2.75, 3.05) is 0 Å². The molecule has 0 atom stereocenters. The van der Waals surface area contributed by atoms with Crippen molar-refractivity contribution in [3.8, 4) is 39.3 Å². The molecule has 3 nitrogen and oxygen atoms in total. The number of aromatic nitrogens is 3. The Labute approximate surface area is 281 Å². The first kappa shape index (κ1) is 32.3. The van der Waals surface area contributed by atoms with E-state index in [4.69, 9.17) is 5.10 Å². The van der Waals surface area contributed by atoms with E-state index in [1.807, 2.05) is 48.5 Å². The Hall–Kier alpha value is -4.11. The van der Waals surface area contributed by atoms with Crippen molar-refractivity contribution < 1.29 is 20.1 Å². The first-order valence-electron chi connectivity index (χ1n) is 15.3. The summed E-state index contributed by atoms with van der Waals surface area (Å²) < 4.78 is 2.12. The molecule has 0 fully saturated rings. The molecule has 0 amide bonds. The van der Waals surface area contributed by atoms with Gasteiger partial charge >= 0.3 is 0 Å². The van der Waals surface area contributed by atoms with Gasteiger partial charge < -0.3 is 4.98 Å². The Morgan fingerprint density at radius 1 is 0.644 bits per heavy atom. The monoisotopic (exact) mass is 766 g/mol. The molecule has 1 aliphatic rings. The molecular formula is C41H39IrN3-2. The SMILES string of the molecule is Cc1cc(-c2cc3n(n2)-c2[c-]cccc2C(C)(C)C3(C)C)ccc1-c1c(C)cccc1C.[Ir].[c-]1ccccc1-c1ccccn1. The van der Waals surface area contributed by atoms with Crippen LogP contribution < -0.4 is 0 Å². The van der Waals surface area contributed by atoms with Crippen LogP contribution in [0.3, 0.4) is 0 Å². The molecule has 1 aliphatic heterocycles. The van der Waals surface area contributed by atoms with Crippen molar-refractivity contribution in [1.82, 2.24) is 14.8 Å². The molecule has 229 valence electrons. The zero-order valence-corrected chi connectivity index (χ0v) is 29.5.